The van der Waals surface area contributed by atoms with Crippen LogP contribution in [0.5, 0.6) is 0 Å². The molecule has 1 aliphatic heterocycles. The summed E-state index contributed by atoms with van der Waals surface area (Å²) in [6.07, 6.45) is 3.48. The lowest BCUT2D eigenvalue weighted by Crippen LogP contribution is -2.37. The van der Waals surface area contributed by atoms with Crippen LogP contribution in [0.4, 0.5) is 0 Å². The van der Waals surface area contributed by atoms with Gasteiger partial charge < -0.3 is 20.7 Å². The molecule has 1 saturated heterocycles. The smallest absolute Gasteiger partial charge is 0.424 e. The zero-order valence-corrected chi connectivity index (χ0v) is 15.3. The molecule has 1 aliphatic rings. The van der Waals surface area contributed by atoms with Crippen LogP contribution in [0, 0.1) is 0 Å². The minimum atomic E-state index is -1.50. The standard InChI is InChI=1S/C21H25BN2O3/c23-15-17-4-2-5-19(14-17)18-8-11-24(12-9-18)21(25)20-6-1-3-16(13-20)7-10-22(26)27/h1-7,10,13-14,18,26-27H,8-9,11-12,15,23H2/b10-7+. The van der Waals surface area contributed by atoms with Gasteiger partial charge in [0.05, 0.1) is 0 Å². The van der Waals surface area contributed by atoms with Gasteiger partial charge in [-0.2, -0.15) is 0 Å². The van der Waals surface area contributed by atoms with Crippen LogP contribution < -0.4 is 5.73 Å². The Kier molecular flexibility index (Phi) is 6.45. The van der Waals surface area contributed by atoms with E-state index in [1.165, 1.54) is 11.5 Å². The monoisotopic (exact) mass is 364 g/mol. The maximum Gasteiger partial charge on any atom is 0.480 e. The fourth-order valence-electron chi connectivity index (χ4n) is 3.55. The average molecular weight is 364 g/mol. The highest BCUT2D eigenvalue weighted by molar-refractivity contribution is 6.48. The molecule has 4 N–H and O–H groups in total. The molecule has 0 atom stereocenters. The highest BCUT2D eigenvalue weighted by Gasteiger charge is 2.24. The van der Waals surface area contributed by atoms with E-state index in [1.807, 2.05) is 23.1 Å². The highest BCUT2D eigenvalue weighted by atomic mass is 16.4. The minimum absolute atomic E-state index is 0.0176. The van der Waals surface area contributed by atoms with E-state index in [0.717, 1.165) is 37.1 Å². The number of piperidine rings is 1. The second-order valence-electron chi connectivity index (χ2n) is 6.91. The Bertz CT molecular complexity index is 815. The second kappa shape index (κ2) is 8.99. The zero-order chi connectivity index (χ0) is 19.2. The Morgan fingerprint density at radius 1 is 1.15 bits per heavy atom. The van der Waals surface area contributed by atoms with E-state index < -0.39 is 7.12 Å². The number of carbonyl (C=O) groups excluding carboxylic acids is 1. The van der Waals surface area contributed by atoms with Crippen molar-refractivity contribution in [3.05, 3.63) is 76.8 Å². The molecule has 3 rings (SSSR count). The Labute approximate surface area is 160 Å². The Morgan fingerprint density at radius 3 is 2.59 bits per heavy atom. The van der Waals surface area contributed by atoms with E-state index in [4.69, 9.17) is 15.8 Å². The van der Waals surface area contributed by atoms with Gasteiger partial charge in [-0.05, 0) is 47.6 Å². The van der Waals surface area contributed by atoms with Crippen LogP contribution in [-0.2, 0) is 6.54 Å². The third-order valence-corrected chi connectivity index (χ3v) is 5.03. The van der Waals surface area contributed by atoms with Gasteiger partial charge in [0, 0.05) is 25.2 Å². The predicted octanol–water partition coefficient (Wildman–Crippen LogP) is 2.19. The topological polar surface area (TPSA) is 86.8 Å². The summed E-state index contributed by atoms with van der Waals surface area (Å²) in [5.74, 6) is 1.75. The normalized spacial score (nSPS) is 15.3. The molecule has 1 amide bonds. The van der Waals surface area contributed by atoms with Crippen LogP contribution in [0.2, 0.25) is 0 Å². The molecule has 1 fully saturated rings. The number of nitrogens with two attached hydrogens (primary N) is 1. The van der Waals surface area contributed by atoms with Gasteiger partial charge in [-0.15, -0.1) is 0 Å². The van der Waals surface area contributed by atoms with Gasteiger partial charge in [0.15, 0.2) is 0 Å². The van der Waals surface area contributed by atoms with Crippen molar-refractivity contribution in [1.29, 1.82) is 0 Å². The van der Waals surface area contributed by atoms with Crippen LogP contribution in [0.1, 0.15) is 45.8 Å². The Morgan fingerprint density at radius 2 is 1.89 bits per heavy atom. The molecule has 0 aromatic heterocycles. The van der Waals surface area contributed by atoms with Gasteiger partial charge in [-0.1, -0.05) is 48.4 Å². The van der Waals surface area contributed by atoms with Crippen LogP contribution in [-0.4, -0.2) is 41.1 Å². The number of amides is 1. The van der Waals surface area contributed by atoms with Gasteiger partial charge in [0.2, 0.25) is 0 Å². The molecule has 5 nitrogen and oxygen atoms in total. The van der Waals surface area contributed by atoms with Gasteiger partial charge in [0.25, 0.3) is 5.91 Å². The van der Waals surface area contributed by atoms with Crippen LogP contribution in [0.25, 0.3) is 6.08 Å². The number of benzene rings is 2. The first-order valence-electron chi connectivity index (χ1n) is 9.29. The number of nitrogens with zero attached hydrogens (tertiary/aromatic N) is 1. The molecular weight excluding hydrogens is 339 g/mol. The van der Waals surface area contributed by atoms with Crippen molar-refractivity contribution in [3.63, 3.8) is 0 Å². The highest BCUT2D eigenvalue weighted by Crippen LogP contribution is 2.29. The van der Waals surface area contributed by atoms with E-state index in [1.54, 1.807) is 18.2 Å². The first-order chi connectivity index (χ1) is 13.1. The fourth-order valence-corrected chi connectivity index (χ4v) is 3.55. The number of rotatable bonds is 5. The molecule has 6 heteroatoms. The first kappa shape index (κ1) is 19.4. The van der Waals surface area contributed by atoms with Crippen molar-refractivity contribution in [2.75, 3.05) is 13.1 Å². The molecule has 2 aromatic carbocycles. The summed E-state index contributed by atoms with van der Waals surface area (Å²) in [7, 11) is -1.50. The lowest BCUT2D eigenvalue weighted by molar-refractivity contribution is 0.0713. The first-order valence-corrected chi connectivity index (χ1v) is 9.29. The van der Waals surface area contributed by atoms with E-state index >= 15 is 0 Å². The summed E-state index contributed by atoms with van der Waals surface area (Å²) in [5.41, 5.74) is 9.57. The van der Waals surface area contributed by atoms with Crippen molar-refractivity contribution in [2.24, 2.45) is 5.73 Å². The van der Waals surface area contributed by atoms with E-state index in [0.29, 0.717) is 18.0 Å². The molecule has 2 aromatic rings. The van der Waals surface area contributed by atoms with Gasteiger partial charge in [0.1, 0.15) is 0 Å². The minimum Gasteiger partial charge on any atom is -0.424 e. The van der Waals surface area contributed by atoms with Gasteiger partial charge >= 0.3 is 7.12 Å². The third-order valence-electron chi connectivity index (χ3n) is 5.03. The number of hydrogen-bond acceptors (Lipinski definition) is 4. The SMILES string of the molecule is NCc1cccc(C2CCN(C(=O)c3cccc(/C=C/B(O)O)c3)CC2)c1. The van der Waals surface area contributed by atoms with Crippen molar-refractivity contribution in [1.82, 2.24) is 4.90 Å². The largest absolute Gasteiger partial charge is 0.480 e. The Hall–Kier alpha value is -2.41. The Balaban J connectivity index is 1.64. The number of likely N-dealkylation sites (tertiary alicyclic amines) is 1. The molecule has 1 heterocycles. The van der Waals surface area contributed by atoms with E-state index in [9.17, 15) is 4.79 Å². The number of carbonyl (C=O) groups is 1. The molecule has 0 saturated carbocycles. The van der Waals surface area contributed by atoms with E-state index in [-0.39, 0.29) is 5.91 Å². The predicted molar refractivity (Wildman–Crippen MR) is 108 cm³/mol. The van der Waals surface area contributed by atoms with Crippen molar-refractivity contribution in [3.8, 4) is 0 Å². The summed E-state index contributed by atoms with van der Waals surface area (Å²) in [5, 5.41) is 17.9. The van der Waals surface area contributed by atoms with Crippen molar-refractivity contribution in [2.45, 2.75) is 25.3 Å². The molecule has 27 heavy (non-hydrogen) atoms. The van der Waals surface area contributed by atoms with Gasteiger partial charge in [-0.25, -0.2) is 0 Å². The molecule has 0 bridgehead atoms. The van der Waals surface area contributed by atoms with Gasteiger partial charge in [-0.3, -0.25) is 4.79 Å². The van der Waals surface area contributed by atoms with Crippen LogP contribution in [0.3, 0.4) is 0 Å². The summed E-state index contributed by atoms with van der Waals surface area (Å²) in [6, 6.07) is 15.6. The fraction of sp³-hybridized carbons (Fsp3) is 0.286. The van der Waals surface area contributed by atoms with Crippen molar-refractivity contribution >= 4 is 19.1 Å². The van der Waals surface area contributed by atoms with Crippen molar-refractivity contribution < 1.29 is 14.8 Å². The molecule has 140 valence electrons. The molecular formula is C21H25BN2O3. The lowest BCUT2D eigenvalue weighted by atomic mass is 9.88. The molecule has 0 unspecified atom stereocenters. The summed E-state index contributed by atoms with van der Waals surface area (Å²) < 4.78 is 0. The molecule has 0 spiro atoms. The number of hydrogen-bond donors (Lipinski definition) is 3. The summed E-state index contributed by atoms with van der Waals surface area (Å²) in [6.45, 7) is 2.00. The quantitative estimate of drug-likeness (QED) is 0.710. The van der Waals surface area contributed by atoms with Crippen LogP contribution >= 0.6 is 0 Å². The molecule has 0 aliphatic carbocycles. The maximum absolute atomic E-state index is 12.8. The second-order valence-corrected chi connectivity index (χ2v) is 6.91. The zero-order valence-electron chi connectivity index (χ0n) is 15.3. The van der Waals surface area contributed by atoms with E-state index in [2.05, 4.69) is 18.2 Å². The summed E-state index contributed by atoms with van der Waals surface area (Å²) in [4.78, 5) is 14.7. The lowest BCUT2D eigenvalue weighted by Gasteiger charge is -2.32. The average Bonchev–Trinajstić information content (AvgIpc) is 2.72. The summed E-state index contributed by atoms with van der Waals surface area (Å²) >= 11 is 0. The third kappa shape index (κ3) is 5.07. The maximum atomic E-state index is 12.8. The van der Waals surface area contributed by atoms with Crippen LogP contribution in [0.15, 0.2) is 54.5 Å². The molecule has 0 radical (unpaired) electrons.